The van der Waals surface area contributed by atoms with E-state index in [-0.39, 0.29) is 5.54 Å². The van der Waals surface area contributed by atoms with Gasteiger partial charge < -0.3 is 5.73 Å². The third kappa shape index (κ3) is 1.92. The second kappa shape index (κ2) is 4.47. The Morgan fingerprint density at radius 2 is 1.95 bits per heavy atom. The molecule has 0 fully saturated rings. The normalized spacial score (nSPS) is 12.3. The number of hydrogen-bond donors (Lipinski definition) is 1. The molecular weight excluding hydrogens is 248 g/mol. The van der Waals surface area contributed by atoms with E-state index in [1.165, 1.54) is 0 Å². The van der Waals surface area contributed by atoms with Crippen molar-refractivity contribution in [2.75, 3.05) is 5.73 Å². The molecule has 2 aromatic heterocycles. The van der Waals surface area contributed by atoms with Crippen molar-refractivity contribution in [1.82, 2.24) is 14.8 Å². The van der Waals surface area contributed by atoms with Gasteiger partial charge in [0.1, 0.15) is 11.3 Å². The van der Waals surface area contributed by atoms with Crippen LogP contribution in [0, 0.1) is 0 Å². The van der Waals surface area contributed by atoms with Crippen LogP contribution in [0.15, 0.2) is 30.5 Å². The summed E-state index contributed by atoms with van der Waals surface area (Å²) in [4.78, 5) is 4.47. The smallest absolute Gasteiger partial charge is 0.135 e. The molecule has 0 atom stereocenters. The number of nitrogen functional groups attached to an aromatic ring is 1. The van der Waals surface area contributed by atoms with Crippen LogP contribution in [0.4, 0.5) is 5.82 Å². The molecule has 3 rings (SSSR count). The maximum atomic E-state index is 6.09. The summed E-state index contributed by atoms with van der Waals surface area (Å²) in [6, 6.07) is 8.00. The van der Waals surface area contributed by atoms with Crippen molar-refractivity contribution in [2.24, 2.45) is 0 Å². The van der Waals surface area contributed by atoms with Gasteiger partial charge in [0.05, 0.1) is 16.4 Å². The van der Waals surface area contributed by atoms with Gasteiger partial charge in [0.15, 0.2) is 0 Å². The van der Waals surface area contributed by atoms with E-state index in [0.717, 1.165) is 34.6 Å². The number of nitrogens with zero attached hydrogens (tertiary/aromatic N) is 3. The topological polar surface area (TPSA) is 56.7 Å². The fourth-order valence-electron chi connectivity index (χ4n) is 2.76. The highest BCUT2D eigenvalue weighted by molar-refractivity contribution is 6.07. The molecule has 3 aromatic rings. The second-order valence-corrected chi connectivity index (χ2v) is 5.91. The Kier molecular flexibility index (Phi) is 2.89. The minimum absolute atomic E-state index is 0.0126. The van der Waals surface area contributed by atoms with Crippen LogP contribution in [0.3, 0.4) is 0 Å². The second-order valence-electron chi connectivity index (χ2n) is 5.91. The fraction of sp³-hybridized carbons (Fsp3) is 0.375. The molecule has 0 bridgehead atoms. The Hall–Kier alpha value is -2.10. The number of para-hydroxylation sites is 1. The maximum absolute atomic E-state index is 6.09. The number of hydrogen-bond acceptors (Lipinski definition) is 3. The van der Waals surface area contributed by atoms with Gasteiger partial charge in [-0.1, -0.05) is 31.5 Å². The van der Waals surface area contributed by atoms with Crippen LogP contribution in [0.2, 0.25) is 0 Å². The average molecular weight is 268 g/mol. The molecule has 0 saturated carbocycles. The van der Waals surface area contributed by atoms with E-state index in [4.69, 9.17) is 10.8 Å². The highest BCUT2D eigenvalue weighted by Gasteiger charge is 2.22. The fourth-order valence-corrected chi connectivity index (χ4v) is 2.76. The maximum Gasteiger partial charge on any atom is 0.135 e. The zero-order valence-electron chi connectivity index (χ0n) is 12.2. The van der Waals surface area contributed by atoms with Crippen LogP contribution in [-0.4, -0.2) is 14.8 Å². The van der Waals surface area contributed by atoms with Crippen molar-refractivity contribution in [3.05, 3.63) is 30.5 Å². The highest BCUT2D eigenvalue weighted by Crippen LogP contribution is 2.30. The lowest BCUT2D eigenvalue weighted by Gasteiger charge is -2.24. The SMILES string of the molecule is CCCC(C)(C)n1cc2c(N)nc3ccccc3c2n1. The molecule has 2 N–H and O–H groups in total. The van der Waals surface area contributed by atoms with E-state index in [1.54, 1.807) is 0 Å². The van der Waals surface area contributed by atoms with Gasteiger partial charge in [0, 0.05) is 11.6 Å². The third-order valence-corrected chi connectivity index (χ3v) is 3.87. The Morgan fingerprint density at radius 1 is 1.20 bits per heavy atom. The summed E-state index contributed by atoms with van der Waals surface area (Å²) in [7, 11) is 0. The lowest BCUT2D eigenvalue weighted by Crippen LogP contribution is -2.26. The van der Waals surface area contributed by atoms with Gasteiger partial charge in [0.2, 0.25) is 0 Å². The van der Waals surface area contributed by atoms with E-state index in [1.807, 2.05) is 35.1 Å². The zero-order chi connectivity index (χ0) is 14.3. The van der Waals surface area contributed by atoms with E-state index in [2.05, 4.69) is 25.8 Å². The summed E-state index contributed by atoms with van der Waals surface area (Å²) in [5.74, 6) is 0.553. The molecular formula is C16H20N4. The highest BCUT2D eigenvalue weighted by atomic mass is 15.3. The van der Waals surface area contributed by atoms with Crippen molar-refractivity contribution in [2.45, 2.75) is 39.2 Å². The van der Waals surface area contributed by atoms with Crippen LogP contribution in [0.25, 0.3) is 21.8 Å². The molecule has 0 aliphatic carbocycles. The Balaban J connectivity index is 2.30. The lowest BCUT2D eigenvalue weighted by atomic mass is 9.99. The van der Waals surface area contributed by atoms with E-state index < -0.39 is 0 Å². The summed E-state index contributed by atoms with van der Waals surface area (Å²) in [6.07, 6.45) is 4.23. The molecule has 0 saturated heterocycles. The number of rotatable bonds is 3. The van der Waals surface area contributed by atoms with Gasteiger partial charge in [-0.3, -0.25) is 4.68 Å². The number of pyridine rings is 1. The first-order chi connectivity index (χ1) is 9.53. The van der Waals surface area contributed by atoms with Crippen molar-refractivity contribution in [1.29, 1.82) is 0 Å². The monoisotopic (exact) mass is 268 g/mol. The van der Waals surface area contributed by atoms with Gasteiger partial charge in [0.25, 0.3) is 0 Å². The van der Waals surface area contributed by atoms with Crippen LogP contribution < -0.4 is 5.73 Å². The van der Waals surface area contributed by atoms with Crippen molar-refractivity contribution in [3.8, 4) is 0 Å². The number of fused-ring (bicyclic) bond motifs is 3. The first kappa shape index (κ1) is 12.9. The van der Waals surface area contributed by atoms with Crippen LogP contribution in [0.1, 0.15) is 33.6 Å². The third-order valence-electron chi connectivity index (χ3n) is 3.87. The Labute approximate surface area is 118 Å². The molecule has 0 aliphatic rings. The van der Waals surface area contributed by atoms with Gasteiger partial charge >= 0.3 is 0 Å². The van der Waals surface area contributed by atoms with Gasteiger partial charge in [-0.15, -0.1) is 0 Å². The summed E-state index contributed by atoms with van der Waals surface area (Å²) >= 11 is 0. The van der Waals surface area contributed by atoms with Crippen molar-refractivity contribution >= 4 is 27.6 Å². The van der Waals surface area contributed by atoms with Crippen LogP contribution in [0.5, 0.6) is 0 Å². The van der Waals surface area contributed by atoms with Gasteiger partial charge in [-0.2, -0.15) is 5.10 Å². The van der Waals surface area contributed by atoms with Gasteiger partial charge in [-0.25, -0.2) is 4.98 Å². The number of aromatic nitrogens is 3. The molecule has 104 valence electrons. The van der Waals surface area contributed by atoms with Crippen LogP contribution >= 0.6 is 0 Å². The van der Waals surface area contributed by atoms with E-state index in [9.17, 15) is 0 Å². The molecule has 0 unspecified atom stereocenters. The summed E-state index contributed by atoms with van der Waals surface area (Å²) in [5.41, 5.74) is 7.92. The predicted octanol–water partition coefficient (Wildman–Crippen LogP) is 3.70. The minimum atomic E-state index is -0.0126. The number of benzene rings is 1. The number of nitrogens with two attached hydrogens (primary N) is 1. The molecule has 1 aromatic carbocycles. The molecule has 0 amide bonds. The van der Waals surface area contributed by atoms with Crippen molar-refractivity contribution in [3.63, 3.8) is 0 Å². The van der Waals surface area contributed by atoms with Gasteiger partial charge in [-0.05, 0) is 26.3 Å². The predicted molar refractivity (Wildman–Crippen MR) is 83.7 cm³/mol. The molecule has 0 aliphatic heterocycles. The van der Waals surface area contributed by atoms with Crippen molar-refractivity contribution < 1.29 is 0 Å². The molecule has 2 heterocycles. The quantitative estimate of drug-likeness (QED) is 0.788. The number of anilines is 1. The summed E-state index contributed by atoms with van der Waals surface area (Å²) < 4.78 is 2.03. The first-order valence-corrected chi connectivity index (χ1v) is 7.07. The Morgan fingerprint density at radius 3 is 2.70 bits per heavy atom. The average Bonchev–Trinajstić information content (AvgIpc) is 2.85. The summed E-state index contributed by atoms with van der Waals surface area (Å²) in [6.45, 7) is 6.60. The van der Waals surface area contributed by atoms with E-state index >= 15 is 0 Å². The standard InChI is InChI=1S/C16H20N4/c1-4-9-16(2,3)20-10-12-14(19-20)11-7-5-6-8-13(11)18-15(12)17/h5-8,10H,4,9H2,1-3H3,(H2,17,18). The molecule has 0 radical (unpaired) electrons. The summed E-state index contributed by atoms with van der Waals surface area (Å²) in [5, 5.41) is 6.78. The zero-order valence-corrected chi connectivity index (χ0v) is 12.2. The van der Waals surface area contributed by atoms with E-state index in [0.29, 0.717) is 5.82 Å². The first-order valence-electron chi connectivity index (χ1n) is 7.07. The molecule has 0 spiro atoms. The molecule has 20 heavy (non-hydrogen) atoms. The molecule has 4 nitrogen and oxygen atoms in total. The largest absolute Gasteiger partial charge is 0.383 e. The minimum Gasteiger partial charge on any atom is -0.383 e. The van der Waals surface area contributed by atoms with Crippen LogP contribution in [-0.2, 0) is 5.54 Å². The lowest BCUT2D eigenvalue weighted by molar-refractivity contribution is 0.295. The Bertz CT molecular complexity index is 771. The molecule has 4 heteroatoms.